The minimum atomic E-state index is -1.66. The molecule has 1 heterocycles. The first-order valence-corrected chi connectivity index (χ1v) is 26.7. The maximum atomic E-state index is 13.1. The molecule has 0 saturated carbocycles. The van der Waals surface area contributed by atoms with Crippen LogP contribution >= 0.6 is 0 Å². The molecule has 0 aromatic heterocycles. The third kappa shape index (κ3) is 31.5. The van der Waals surface area contributed by atoms with Gasteiger partial charge in [-0.25, -0.2) is 0 Å². The second kappa shape index (κ2) is 42.9. The number of unbranched alkanes of at least 4 members (excludes halogenated alkanes) is 29. The van der Waals surface area contributed by atoms with Gasteiger partial charge in [0.25, 0.3) is 0 Å². The molecule has 1 aliphatic rings. The van der Waals surface area contributed by atoms with Crippen LogP contribution < -0.4 is 5.32 Å². The summed E-state index contributed by atoms with van der Waals surface area (Å²) in [5.74, 6) is -0.707. The number of ether oxygens (including phenoxy) is 2. The van der Waals surface area contributed by atoms with Gasteiger partial charge in [-0.05, 0) is 64.2 Å². The number of amides is 1. The SMILES string of the molecule is CCCCCC/C=C/CCCC(O)C(O)C(COC1OC(CO)C(O)C(O)C1O)NC(=O)C(O)CCCCCCCCCCCCCC/C=C\CCCCCCCCCCCCCC. The molecule has 0 aromatic rings. The molecule has 1 fully saturated rings. The fourth-order valence-corrected chi connectivity index (χ4v) is 8.55. The predicted octanol–water partition coefficient (Wildman–Crippen LogP) is 10.2. The van der Waals surface area contributed by atoms with Crippen molar-refractivity contribution in [3.05, 3.63) is 24.3 Å². The molecule has 11 heteroatoms. The van der Waals surface area contributed by atoms with Crippen LogP contribution in [0.3, 0.4) is 0 Å². The average Bonchev–Trinajstić information content (AvgIpc) is 3.29. The van der Waals surface area contributed by atoms with E-state index in [0.29, 0.717) is 12.8 Å². The highest BCUT2D eigenvalue weighted by atomic mass is 16.7. The van der Waals surface area contributed by atoms with Crippen molar-refractivity contribution in [2.45, 2.75) is 294 Å². The molecule has 64 heavy (non-hydrogen) atoms. The molecule has 0 aliphatic carbocycles. The van der Waals surface area contributed by atoms with Crippen LogP contribution in [0, 0.1) is 0 Å². The zero-order valence-corrected chi connectivity index (χ0v) is 41.0. The summed E-state index contributed by atoms with van der Waals surface area (Å²) in [7, 11) is 0. The summed E-state index contributed by atoms with van der Waals surface area (Å²) in [5.41, 5.74) is 0. The number of hydrogen-bond donors (Lipinski definition) is 8. The smallest absolute Gasteiger partial charge is 0.249 e. The molecule has 0 bridgehead atoms. The van der Waals surface area contributed by atoms with Gasteiger partial charge in [-0.1, -0.05) is 199 Å². The first-order chi connectivity index (χ1) is 31.2. The largest absolute Gasteiger partial charge is 0.394 e. The van der Waals surface area contributed by atoms with Crippen molar-refractivity contribution in [2.75, 3.05) is 13.2 Å². The maximum absolute atomic E-state index is 13.1. The number of aliphatic hydroxyl groups is 7. The molecule has 0 aromatic carbocycles. The monoisotopic (exact) mass is 912 g/mol. The van der Waals surface area contributed by atoms with Crippen molar-refractivity contribution in [2.24, 2.45) is 0 Å². The van der Waals surface area contributed by atoms with Gasteiger partial charge in [0.15, 0.2) is 6.29 Å². The highest BCUT2D eigenvalue weighted by molar-refractivity contribution is 5.80. The van der Waals surface area contributed by atoms with Crippen LogP contribution in [0.4, 0.5) is 0 Å². The molecule has 1 rings (SSSR count). The quantitative estimate of drug-likeness (QED) is 0.0216. The Morgan fingerprint density at radius 1 is 0.531 bits per heavy atom. The van der Waals surface area contributed by atoms with Crippen molar-refractivity contribution in [1.82, 2.24) is 5.32 Å². The fraction of sp³-hybridized carbons (Fsp3) is 0.906. The molecular weight excluding hydrogens is 811 g/mol. The minimum absolute atomic E-state index is 0.255. The van der Waals surface area contributed by atoms with Crippen molar-refractivity contribution in [3.63, 3.8) is 0 Å². The Hall–Kier alpha value is -1.41. The summed E-state index contributed by atoms with van der Waals surface area (Å²) in [6.07, 6.45) is 38.4. The fourth-order valence-electron chi connectivity index (χ4n) is 8.55. The van der Waals surface area contributed by atoms with E-state index in [2.05, 4.69) is 43.5 Å². The van der Waals surface area contributed by atoms with E-state index in [-0.39, 0.29) is 12.8 Å². The van der Waals surface area contributed by atoms with Crippen molar-refractivity contribution in [3.8, 4) is 0 Å². The minimum Gasteiger partial charge on any atom is -0.394 e. The van der Waals surface area contributed by atoms with E-state index in [1.54, 1.807) is 0 Å². The van der Waals surface area contributed by atoms with Gasteiger partial charge >= 0.3 is 0 Å². The maximum Gasteiger partial charge on any atom is 0.249 e. The highest BCUT2D eigenvalue weighted by Crippen LogP contribution is 2.23. The summed E-state index contributed by atoms with van der Waals surface area (Å²) in [6.45, 7) is 3.39. The summed E-state index contributed by atoms with van der Waals surface area (Å²) < 4.78 is 11.1. The van der Waals surface area contributed by atoms with E-state index in [4.69, 9.17) is 9.47 Å². The number of nitrogens with one attached hydrogen (secondary N) is 1. The molecular formula is C53H101NO10. The molecule has 8 N–H and O–H groups in total. The average molecular weight is 912 g/mol. The van der Waals surface area contributed by atoms with Gasteiger partial charge in [-0.15, -0.1) is 0 Å². The van der Waals surface area contributed by atoms with E-state index in [9.17, 15) is 40.5 Å². The number of carbonyl (C=O) groups is 1. The summed E-state index contributed by atoms with van der Waals surface area (Å²) in [6, 6.07) is -1.18. The van der Waals surface area contributed by atoms with Gasteiger partial charge in [-0.3, -0.25) is 4.79 Å². The van der Waals surface area contributed by atoms with Gasteiger partial charge in [0, 0.05) is 0 Å². The van der Waals surface area contributed by atoms with E-state index in [0.717, 1.165) is 38.5 Å². The van der Waals surface area contributed by atoms with E-state index in [1.165, 1.54) is 161 Å². The van der Waals surface area contributed by atoms with Crippen LogP contribution in [0.5, 0.6) is 0 Å². The summed E-state index contributed by atoms with van der Waals surface area (Å²) in [4.78, 5) is 13.1. The van der Waals surface area contributed by atoms with Crippen LogP contribution in [-0.2, 0) is 14.3 Å². The third-order valence-electron chi connectivity index (χ3n) is 13.0. The predicted molar refractivity (Wildman–Crippen MR) is 261 cm³/mol. The van der Waals surface area contributed by atoms with Crippen molar-refractivity contribution < 1.29 is 50.0 Å². The van der Waals surface area contributed by atoms with Crippen LogP contribution in [0.15, 0.2) is 24.3 Å². The molecule has 9 atom stereocenters. The lowest BCUT2D eigenvalue weighted by Crippen LogP contribution is -2.60. The number of aliphatic hydroxyl groups excluding tert-OH is 7. The molecule has 1 amide bonds. The molecule has 1 aliphatic heterocycles. The Morgan fingerprint density at radius 3 is 1.36 bits per heavy atom. The van der Waals surface area contributed by atoms with Crippen molar-refractivity contribution in [1.29, 1.82) is 0 Å². The first kappa shape index (κ1) is 60.6. The topological polar surface area (TPSA) is 189 Å². The number of allylic oxidation sites excluding steroid dienone is 4. The van der Waals surface area contributed by atoms with Crippen molar-refractivity contribution >= 4 is 5.91 Å². The molecule has 11 nitrogen and oxygen atoms in total. The lowest BCUT2D eigenvalue weighted by atomic mass is 9.98. The Morgan fingerprint density at radius 2 is 0.922 bits per heavy atom. The first-order valence-electron chi connectivity index (χ1n) is 26.7. The Balaban J connectivity index is 2.23. The third-order valence-corrected chi connectivity index (χ3v) is 13.0. The van der Waals surface area contributed by atoms with Gasteiger partial charge in [-0.2, -0.15) is 0 Å². The van der Waals surface area contributed by atoms with Gasteiger partial charge in [0.1, 0.15) is 36.6 Å². The Labute approximate surface area is 391 Å². The highest BCUT2D eigenvalue weighted by Gasteiger charge is 2.44. The van der Waals surface area contributed by atoms with Crippen LogP contribution in [0.25, 0.3) is 0 Å². The van der Waals surface area contributed by atoms with Crippen LogP contribution in [0.2, 0.25) is 0 Å². The lowest BCUT2D eigenvalue weighted by Gasteiger charge is -2.40. The molecule has 0 spiro atoms. The Kier molecular flexibility index (Phi) is 40.6. The second-order valence-corrected chi connectivity index (χ2v) is 18.9. The number of hydrogen-bond acceptors (Lipinski definition) is 10. The number of carbonyl (C=O) groups excluding carboxylic acids is 1. The van der Waals surface area contributed by atoms with Gasteiger partial charge in [0.05, 0.1) is 25.4 Å². The second-order valence-electron chi connectivity index (χ2n) is 18.9. The standard InChI is InChI=1S/C53H101NO10/c1-3-5-7-9-11-13-14-15-16-17-18-19-20-21-22-23-24-25-26-27-28-29-30-31-33-35-37-39-41-46(57)52(62)54-44(43-63-53-51(61)50(60)49(59)47(42-55)64-53)48(58)45(56)40-38-36-34-32-12-10-8-6-4-2/h21-22,32,34,44-51,53,55-61H,3-20,23-31,33,35-43H2,1-2H3,(H,54,62)/b22-21-,34-32+. The molecule has 9 unspecified atom stereocenters. The van der Waals surface area contributed by atoms with Crippen LogP contribution in [0.1, 0.15) is 239 Å². The Bertz CT molecular complexity index is 1090. The van der Waals surface area contributed by atoms with Crippen LogP contribution in [-0.4, -0.2) is 110 Å². The van der Waals surface area contributed by atoms with E-state index in [1.807, 2.05) is 0 Å². The number of rotatable bonds is 45. The lowest BCUT2D eigenvalue weighted by molar-refractivity contribution is -0.303. The molecule has 0 radical (unpaired) electrons. The van der Waals surface area contributed by atoms with E-state index >= 15 is 0 Å². The summed E-state index contributed by atoms with van der Waals surface area (Å²) in [5, 5.41) is 75.6. The van der Waals surface area contributed by atoms with Gasteiger partial charge in [0.2, 0.25) is 5.91 Å². The zero-order chi connectivity index (χ0) is 46.9. The molecule has 1 saturated heterocycles. The summed E-state index contributed by atoms with van der Waals surface area (Å²) >= 11 is 0. The molecule has 378 valence electrons. The normalized spacial score (nSPS) is 21.2. The van der Waals surface area contributed by atoms with Gasteiger partial charge < -0.3 is 50.5 Å². The van der Waals surface area contributed by atoms with E-state index < -0.39 is 74.2 Å². The zero-order valence-electron chi connectivity index (χ0n) is 41.0.